The molecular weight excluding hydrogens is 442 g/mol. The summed E-state index contributed by atoms with van der Waals surface area (Å²) in [6, 6.07) is 6.21. The van der Waals surface area contributed by atoms with E-state index in [9.17, 15) is 19.2 Å². The van der Waals surface area contributed by atoms with Crippen LogP contribution in [0, 0.1) is 0 Å². The second-order valence-corrected chi connectivity index (χ2v) is 9.39. The molecule has 1 aliphatic carbocycles. The van der Waals surface area contributed by atoms with E-state index in [1.165, 1.54) is 9.91 Å². The van der Waals surface area contributed by atoms with Crippen LogP contribution in [0.4, 0.5) is 0 Å². The number of imide groups is 2. The molecule has 2 aliphatic heterocycles. The van der Waals surface area contributed by atoms with E-state index in [2.05, 4.69) is 0 Å². The van der Waals surface area contributed by atoms with E-state index in [-0.39, 0.29) is 23.9 Å². The van der Waals surface area contributed by atoms with Gasteiger partial charge in [-0.25, -0.2) is 10.0 Å². The maximum absolute atomic E-state index is 13.6. The Kier molecular flexibility index (Phi) is 5.89. The number of hydrazine groups is 1. The summed E-state index contributed by atoms with van der Waals surface area (Å²) < 4.78 is 0. The molecule has 0 spiro atoms. The number of allylic oxidation sites excluding steroid dienone is 2. The second-order valence-electron chi connectivity index (χ2n) is 9.39. The number of benzene rings is 2. The maximum Gasteiger partial charge on any atom is 0.276 e. The van der Waals surface area contributed by atoms with Gasteiger partial charge < -0.3 is 0 Å². The largest absolute Gasteiger partial charge is 0.276 e. The lowest BCUT2D eigenvalue weighted by atomic mass is 9.85. The molecule has 3 aliphatic rings. The molecule has 0 fully saturated rings. The van der Waals surface area contributed by atoms with Gasteiger partial charge in [0, 0.05) is 35.0 Å². The number of carbonyl (C=O) groups excluding carboxylic acids is 4. The third-order valence-corrected chi connectivity index (χ3v) is 7.27. The summed E-state index contributed by atoms with van der Waals surface area (Å²) in [5.41, 5.74) is 1.41. The first-order valence-electron chi connectivity index (χ1n) is 12.3. The molecule has 0 aromatic heterocycles. The van der Waals surface area contributed by atoms with E-state index in [1.807, 2.05) is 38.2 Å². The van der Waals surface area contributed by atoms with Crippen molar-refractivity contribution in [3.05, 3.63) is 70.8 Å². The highest BCUT2D eigenvalue weighted by atomic mass is 16.2. The fraction of sp³-hybridized carbons (Fsp3) is 0.357. The number of hydrogen-bond donors (Lipinski definition) is 0. The number of hydrogen-bond acceptors (Lipinski definition) is 5. The van der Waals surface area contributed by atoms with Crippen LogP contribution in [0.2, 0.25) is 0 Å². The third kappa shape index (κ3) is 3.45. The second kappa shape index (κ2) is 8.89. The summed E-state index contributed by atoms with van der Waals surface area (Å²) in [5.74, 6) is -1.60. The summed E-state index contributed by atoms with van der Waals surface area (Å²) in [6.45, 7) is 4.08. The molecule has 2 aromatic rings. The molecule has 180 valence electrons. The number of amides is 4. The Morgan fingerprint density at radius 2 is 1.29 bits per heavy atom. The average molecular weight is 472 g/mol. The highest BCUT2D eigenvalue weighted by molar-refractivity contribution is 6.33. The number of carbonyl (C=O) groups is 4. The van der Waals surface area contributed by atoms with Gasteiger partial charge in [-0.2, -0.15) is 0 Å². The molecule has 1 atom stereocenters. The first kappa shape index (κ1) is 23.2. The summed E-state index contributed by atoms with van der Waals surface area (Å²) in [6.07, 6.45) is 11.7. The highest BCUT2D eigenvalue weighted by Gasteiger charge is 2.42. The van der Waals surface area contributed by atoms with Crippen molar-refractivity contribution in [1.29, 1.82) is 0 Å². The molecule has 0 saturated heterocycles. The third-order valence-electron chi connectivity index (χ3n) is 7.27. The first-order valence-corrected chi connectivity index (χ1v) is 12.3. The van der Waals surface area contributed by atoms with Crippen LogP contribution >= 0.6 is 0 Å². The molecular formula is C28H29N3O4. The van der Waals surface area contributed by atoms with Crippen molar-refractivity contribution in [3.8, 4) is 0 Å². The Balaban J connectivity index is 1.62. The summed E-state index contributed by atoms with van der Waals surface area (Å²) in [4.78, 5) is 55.7. The highest BCUT2D eigenvalue weighted by Crippen LogP contribution is 2.39. The van der Waals surface area contributed by atoms with Crippen molar-refractivity contribution in [2.45, 2.75) is 58.0 Å². The Bertz CT molecular complexity index is 1250. The smallest absolute Gasteiger partial charge is 0.271 e. The van der Waals surface area contributed by atoms with Crippen LogP contribution in [0.15, 0.2) is 48.6 Å². The zero-order valence-corrected chi connectivity index (χ0v) is 20.3. The van der Waals surface area contributed by atoms with Gasteiger partial charge in [-0.3, -0.25) is 24.1 Å². The van der Waals surface area contributed by atoms with Crippen LogP contribution < -0.4 is 0 Å². The predicted molar refractivity (Wildman–Crippen MR) is 133 cm³/mol. The van der Waals surface area contributed by atoms with Crippen LogP contribution in [0.5, 0.6) is 0 Å². The van der Waals surface area contributed by atoms with Crippen molar-refractivity contribution >= 4 is 34.4 Å². The van der Waals surface area contributed by atoms with Gasteiger partial charge in [0.1, 0.15) is 0 Å². The molecule has 5 rings (SSSR count). The molecule has 7 nitrogen and oxygen atoms in total. The van der Waals surface area contributed by atoms with Crippen LogP contribution in [0.1, 0.15) is 87.4 Å². The lowest BCUT2D eigenvalue weighted by Gasteiger charge is -2.39. The Morgan fingerprint density at radius 3 is 1.71 bits per heavy atom. The standard InChI is InChI=1S/C28H29N3O4/c1-4-9-18(10-5-2)30-25(32)19-13-15-21-24-22(16-14-20(23(19)24)26(30)33)28(35)31(27(21)34)29(3)17-11-7-6-8-12-17/h6-8,11,13-18H,4-5,9-10,12H2,1-3H3. The lowest BCUT2D eigenvalue weighted by Crippen LogP contribution is -2.54. The zero-order valence-electron chi connectivity index (χ0n) is 20.3. The van der Waals surface area contributed by atoms with Gasteiger partial charge in [0.2, 0.25) is 0 Å². The molecule has 0 bridgehead atoms. The van der Waals surface area contributed by atoms with E-state index >= 15 is 0 Å². The van der Waals surface area contributed by atoms with Gasteiger partial charge in [-0.1, -0.05) is 51.0 Å². The predicted octanol–water partition coefficient (Wildman–Crippen LogP) is 4.73. The van der Waals surface area contributed by atoms with Gasteiger partial charge >= 0.3 is 0 Å². The number of rotatable bonds is 7. The van der Waals surface area contributed by atoms with Crippen molar-refractivity contribution in [1.82, 2.24) is 14.9 Å². The van der Waals surface area contributed by atoms with Gasteiger partial charge in [0.15, 0.2) is 0 Å². The topological polar surface area (TPSA) is 78.0 Å². The molecule has 0 saturated carbocycles. The van der Waals surface area contributed by atoms with Crippen molar-refractivity contribution in [2.75, 3.05) is 7.05 Å². The molecule has 0 N–H and O–H groups in total. The van der Waals surface area contributed by atoms with E-state index in [0.29, 0.717) is 39.4 Å². The minimum atomic E-state index is -0.450. The molecule has 4 amide bonds. The molecule has 1 unspecified atom stereocenters. The Morgan fingerprint density at radius 1 is 0.800 bits per heavy atom. The monoisotopic (exact) mass is 471 g/mol. The molecule has 2 aromatic carbocycles. The fourth-order valence-corrected chi connectivity index (χ4v) is 5.56. The van der Waals surface area contributed by atoms with Crippen molar-refractivity contribution in [2.24, 2.45) is 0 Å². The van der Waals surface area contributed by atoms with E-state index in [4.69, 9.17) is 0 Å². The van der Waals surface area contributed by atoms with Crippen LogP contribution in [-0.2, 0) is 0 Å². The summed E-state index contributed by atoms with van der Waals surface area (Å²) in [7, 11) is 1.73. The van der Waals surface area contributed by atoms with E-state index in [0.717, 1.165) is 25.7 Å². The Labute approximate surface area is 204 Å². The maximum atomic E-state index is 13.6. The molecule has 35 heavy (non-hydrogen) atoms. The van der Waals surface area contributed by atoms with Gasteiger partial charge in [0.25, 0.3) is 23.6 Å². The van der Waals surface area contributed by atoms with Crippen LogP contribution in [0.25, 0.3) is 10.8 Å². The van der Waals surface area contributed by atoms with E-state index in [1.54, 1.807) is 36.3 Å². The summed E-state index contributed by atoms with van der Waals surface area (Å²) >= 11 is 0. The van der Waals surface area contributed by atoms with Gasteiger partial charge in [-0.05, 0) is 43.5 Å². The fourth-order valence-electron chi connectivity index (χ4n) is 5.56. The molecule has 0 radical (unpaired) electrons. The minimum Gasteiger partial charge on any atom is -0.271 e. The molecule has 2 heterocycles. The Hall–Kier alpha value is -3.58. The zero-order chi connectivity index (χ0) is 24.9. The summed E-state index contributed by atoms with van der Waals surface area (Å²) in [5, 5.41) is 3.65. The minimum absolute atomic E-state index is 0.131. The number of likely N-dealkylation sites (N-methyl/N-ethyl adjacent to an activating group) is 1. The average Bonchev–Trinajstić information content (AvgIpc) is 2.86. The van der Waals surface area contributed by atoms with Crippen molar-refractivity contribution in [3.63, 3.8) is 0 Å². The lowest BCUT2D eigenvalue weighted by molar-refractivity contribution is -0.00204. The number of nitrogens with zero attached hydrogens (tertiary/aromatic N) is 3. The SMILES string of the molecule is CCCC(CCC)N1C(=O)c2ccc3c4c(ccc(c24)C1=O)C(=O)N(N(C)C1C=CC=CC1)C3=O. The van der Waals surface area contributed by atoms with Crippen LogP contribution in [-0.4, -0.2) is 57.7 Å². The van der Waals surface area contributed by atoms with Crippen molar-refractivity contribution < 1.29 is 19.2 Å². The molecule has 7 heteroatoms. The normalized spacial score (nSPS) is 19.2. The quantitative estimate of drug-likeness (QED) is 0.546. The van der Waals surface area contributed by atoms with Crippen LogP contribution in [0.3, 0.4) is 0 Å². The van der Waals surface area contributed by atoms with Gasteiger partial charge in [0.05, 0.1) is 17.2 Å². The van der Waals surface area contributed by atoms with Gasteiger partial charge in [-0.15, -0.1) is 0 Å². The first-order chi connectivity index (χ1) is 16.9. The van der Waals surface area contributed by atoms with E-state index < -0.39 is 11.8 Å².